The molecule has 2 saturated heterocycles. The Labute approximate surface area is 117 Å². The Bertz CT molecular complexity index is 444. The van der Waals surface area contributed by atoms with Crippen molar-refractivity contribution < 1.29 is 0 Å². The lowest BCUT2D eigenvalue weighted by molar-refractivity contribution is 0.170. The molecule has 1 spiro atoms. The van der Waals surface area contributed by atoms with Gasteiger partial charge in [0.1, 0.15) is 0 Å². The van der Waals surface area contributed by atoms with E-state index in [0.717, 1.165) is 12.6 Å². The number of hydrogen-bond donors (Lipinski definition) is 1. The molecule has 2 heterocycles. The molecule has 3 rings (SSSR count). The van der Waals surface area contributed by atoms with E-state index in [0.29, 0.717) is 11.3 Å². The SMILES string of the molecule is Cc1cccc(C2CNCCC23CC(C)N(C)C3)c1. The summed E-state index contributed by atoms with van der Waals surface area (Å²) in [6.45, 7) is 8.17. The second-order valence-corrected chi connectivity index (χ2v) is 6.75. The lowest BCUT2D eigenvalue weighted by Crippen LogP contribution is -2.45. The lowest BCUT2D eigenvalue weighted by Gasteiger charge is -2.42. The van der Waals surface area contributed by atoms with Crippen molar-refractivity contribution >= 4 is 0 Å². The molecule has 0 aromatic heterocycles. The average molecular weight is 258 g/mol. The van der Waals surface area contributed by atoms with Crippen molar-refractivity contribution in [3.63, 3.8) is 0 Å². The molecule has 3 unspecified atom stereocenters. The largest absolute Gasteiger partial charge is 0.316 e. The molecular weight excluding hydrogens is 232 g/mol. The molecule has 0 saturated carbocycles. The number of likely N-dealkylation sites (tertiary alicyclic amines) is 1. The van der Waals surface area contributed by atoms with Crippen molar-refractivity contribution in [2.24, 2.45) is 5.41 Å². The molecule has 0 radical (unpaired) electrons. The number of aryl methyl sites for hydroxylation is 1. The summed E-state index contributed by atoms with van der Waals surface area (Å²) in [6.07, 6.45) is 2.67. The van der Waals surface area contributed by atoms with E-state index in [1.165, 1.54) is 37.1 Å². The zero-order chi connectivity index (χ0) is 13.5. The van der Waals surface area contributed by atoms with E-state index in [9.17, 15) is 0 Å². The number of hydrogen-bond acceptors (Lipinski definition) is 2. The van der Waals surface area contributed by atoms with Crippen LogP contribution in [0.25, 0.3) is 0 Å². The first-order chi connectivity index (χ1) is 9.11. The lowest BCUT2D eigenvalue weighted by atomic mass is 9.66. The Morgan fingerprint density at radius 1 is 1.37 bits per heavy atom. The van der Waals surface area contributed by atoms with Gasteiger partial charge in [-0.15, -0.1) is 0 Å². The molecule has 19 heavy (non-hydrogen) atoms. The topological polar surface area (TPSA) is 15.3 Å². The number of rotatable bonds is 1. The van der Waals surface area contributed by atoms with Crippen molar-refractivity contribution in [3.8, 4) is 0 Å². The average Bonchev–Trinajstić information content (AvgIpc) is 2.65. The molecule has 2 nitrogen and oxygen atoms in total. The summed E-state index contributed by atoms with van der Waals surface area (Å²) in [6, 6.07) is 9.87. The van der Waals surface area contributed by atoms with Crippen LogP contribution >= 0.6 is 0 Å². The van der Waals surface area contributed by atoms with Crippen molar-refractivity contribution in [1.82, 2.24) is 10.2 Å². The first-order valence-electron chi connectivity index (χ1n) is 7.58. The third-order valence-corrected chi connectivity index (χ3v) is 5.35. The Morgan fingerprint density at radius 2 is 2.21 bits per heavy atom. The number of piperidine rings is 1. The summed E-state index contributed by atoms with van der Waals surface area (Å²) in [5.74, 6) is 0.675. The van der Waals surface area contributed by atoms with Gasteiger partial charge in [-0.1, -0.05) is 29.8 Å². The Hall–Kier alpha value is -0.860. The highest BCUT2D eigenvalue weighted by Gasteiger charge is 2.47. The van der Waals surface area contributed by atoms with E-state index in [-0.39, 0.29) is 0 Å². The fraction of sp³-hybridized carbons (Fsp3) is 0.647. The van der Waals surface area contributed by atoms with Gasteiger partial charge in [-0.3, -0.25) is 0 Å². The molecule has 1 aromatic rings. The quantitative estimate of drug-likeness (QED) is 0.833. The normalized spacial score (nSPS) is 35.9. The maximum Gasteiger partial charge on any atom is 0.00701 e. The summed E-state index contributed by atoms with van der Waals surface area (Å²) in [5.41, 5.74) is 3.42. The molecule has 3 atom stereocenters. The number of benzene rings is 1. The second kappa shape index (κ2) is 4.92. The fourth-order valence-electron chi connectivity index (χ4n) is 4.23. The van der Waals surface area contributed by atoms with Crippen LogP contribution in [0.5, 0.6) is 0 Å². The monoisotopic (exact) mass is 258 g/mol. The first kappa shape index (κ1) is 13.1. The number of nitrogens with zero attached hydrogens (tertiary/aromatic N) is 1. The standard InChI is InChI=1S/C17H26N2/c1-13-5-4-6-15(9-13)16-11-18-8-7-17(16)10-14(2)19(3)12-17/h4-6,9,14,16,18H,7-8,10-12H2,1-3H3. The zero-order valence-corrected chi connectivity index (χ0v) is 12.4. The smallest absolute Gasteiger partial charge is 0.00701 e. The van der Waals surface area contributed by atoms with Gasteiger partial charge in [-0.25, -0.2) is 0 Å². The van der Waals surface area contributed by atoms with Gasteiger partial charge in [-0.2, -0.15) is 0 Å². The zero-order valence-electron chi connectivity index (χ0n) is 12.4. The predicted octanol–water partition coefficient (Wildman–Crippen LogP) is 2.78. The molecular formula is C17H26N2. The van der Waals surface area contributed by atoms with Gasteiger partial charge in [0, 0.05) is 25.0 Å². The maximum absolute atomic E-state index is 3.62. The molecule has 0 amide bonds. The van der Waals surface area contributed by atoms with E-state index in [1.54, 1.807) is 0 Å². The van der Waals surface area contributed by atoms with Crippen molar-refractivity contribution in [2.45, 2.75) is 38.6 Å². The molecule has 104 valence electrons. The van der Waals surface area contributed by atoms with Gasteiger partial charge >= 0.3 is 0 Å². The summed E-state index contributed by atoms with van der Waals surface area (Å²) < 4.78 is 0. The van der Waals surface area contributed by atoms with Gasteiger partial charge in [0.25, 0.3) is 0 Å². The molecule has 0 bridgehead atoms. The molecule has 2 aliphatic rings. The second-order valence-electron chi connectivity index (χ2n) is 6.75. The van der Waals surface area contributed by atoms with Crippen LogP contribution < -0.4 is 5.32 Å². The third kappa shape index (κ3) is 2.32. The molecule has 0 aliphatic carbocycles. The Balaban J connectivity index is 1.94. The van der Waals surface area contributed by atoms with Crippen LogP contribution in [-0.4, -0.2) is 37.6 Å². The maximum atomic E-state index is 3.62. The Kier molecular flexibility index (Phi) is 3.40. The van der Waals surface area contributed by atoms with Crippen LogP contribution in [0.3, 0.4) is 0 Å². The minimum atomic E-state index is 0.493. The molecule has 2 fully saturated rings. The van der Waals surface area contributed by atoms with Crippen molar-refractivity contribution in [1.29, 1.82) is 0 Å². The van der Waals surface area contributed by atoms with Crippen molar-refractivity contribution in [3.05, 3.63) is 35.4 Å². The Morgan fingerprint density at radius 3 is 2.89 bits per heavy atom. The summed E-state index contributed by atoms with van der Waals surface area (Å²) in [4.78, 5) is 2.55. The van der Waals surface area contributed by atoms with E-state index < -0.39 is 0 Å². The summed E-state index contributed by atoms with van der Waals surface area (Å²) >= 11 is 0. The predicted molar refractivity (Wildman–Crippen MR) is 80.5 cm³/mol. The van der Waals surface area contributed by atoms with Crippen LogP contribution in [0.1, 0.15) is 36.8 Å². The van der Waals surface area contributed by atoms with Gasteiger partial charge < -0.3 is 10.2 Å². The van der Waals surface area contributed by atoms with Gasteiger partial charge in [0.05, 0.1) is 0 Å². The van der Waals surface area contributed by atoms with Crippen LogP contribution in [0.4, 0.5) is 0 Å². The van der Waals surface area contributed by atoms with Gasteiger partial charge in [0.2, 0.25) is 0 Å². The number of nitrogens with one attached hydrogen (secondary N) is 1. The molecule has 1 aromatic carbocycles. The van der Waals surface area contributed by atoms with E-state index >= 15 is 0 Å². The van der Waals surface area contributed by atoms with Crippen LogP contribution in [0, 0.1) is 12.3 Å². The van der Waals surface area contributed by atoms with Crippen LogP contribution in [0.15, 0.2) is 24.3 Å². The summed E-state index contributed by atoms with van der Waals surface area (Å²) in [5, 5.41) is 3.62. The van der Waals surface area contributed by atoms with Gasteiger partial charge in [-0.05, 0) is 51.3 Å². The molecule has 2 aliphatic heterocycles. The summed E-state index contributed by atoms with van der Waals surface area (Å²) in [7, 11) is 2.29. The van der Waals surface area contributed by atoms with Crippen LogP contribution in [0.2, 0.25) is 0 Å². The highest BCUT2D eigenvalue weighted by Crippen LogP contribution is 2.49. The highest BCUT2D eigenvalue weighted by atomic mass is 15.2. The fourth-order valence-corrected chi connectivity index (χ4v) is 4.23. The highest BCUT2D eigenvalue weighted by molar-refractivity contribution is 5.29. The van der Waals surface area contributed by atoms with E-state index in [4.69, 9.17) is 0 Å². The van der Waals surface area contributed by atoms with Crippen molar-refractivity contribution in [2.75, 3.05) is 26.7 Å². The van der Waals surface area contributed by atoms with E-state index in [1.807, 2.05) is 0 Å². The molecule has 1 N–H and O–H groups in total. The minimum absolute atomic E-state index is 0.493. The molecule has 2 heteroatoms. The van der Waals surface area contributed by atoms with E-state index in [2.05, 4.69) is 55.4 Å². The van der Waals surface area contributed by atoms with Gasteiger partial charge in [0.15, 0.2) is 0 Å². The minimum Gasteiger partial charge on any atom is -0.316 e. The van der Waals surface area contributed by atoms with Crippen LogP contribution in [-0.2, 0) is 0 Å². The third-order valence-electron chi connectivity index (χ3n) is 5.35. The first-order valence-corrected chi connectivity index (χ1v) is 7.58.